The lowest BCUT2D eigenvalue weighted by atomic mass is 9.91. The van der Waals surface area contributed by atoms with Gasteiger partial charge in [-0.05, 0) is 49.1 Å². The molecule has 0 aromatic heterocycles. The fourth-order valence-corrected chi connectivity index (χ4v) is 2.66. The Hall–Kier alpha value is -1.02. The summed E-state index contributed by atoms with van der Waals surface area (Å²) in [4.78, 5) is 0. The van der Waals surface area contributed by atoms with E-state index in [4.69, 9.17) is 4.74 Å². The summed E-state index contributed by atoms with van der Waals surface area (Å²) in [6, 6.07) is 6.58. The minimum atomic E-state index is 0.470. The van der Waals surface area contributed by atoms with Crippen molar-refractivity contribution in [2.24, 2.45) is 0 Å². The molecule has 0 unspecified atom stereocenters. The van der Waals surface area contributed by atoms with Crippen LogP contribution in [0.1, 0.15) is 24.0 Å². The smallest absolute Gasteiger partial charge is 0.119 e. The summed E-state index contributed by atoms with van der Waals surface area (Å²) in [5.41, 5.74) is 3.52. The highest BCUT2D eigenvalue weighted by atomic mass is 16.5. The third-order valence-corrected chi connectivity index (χ3v) is 3.77. The number of benzene rings is 1. The number of hydrogen-bond acceptors (Lipinski definition) is 2. The summed E-state index contributed by atoms with van der Waals surface area (Å²) in [6.45, 7) is 2.26. The Morgan fingerprint density at radius 2 is 2.20 bits per heavy atom. The molecule has 15 heavy (non-hydrogen) atoms. The molecule has 2 aliphatic rings. The average Bonchev–Trinajstić information content (AvgIpc) is 3.07. The van der Waals surface area contributed by atoms with Crippen LogP contribution >= 0.6 is 0 Å². The van der Waals surface area contributed by atoms with Crippen molar-refractivity contribution >= 4 is 0 Å². The van der Waals surface area contributed by atoms with E-state index in [0.717, 1.165) is 25.3 Å². The largest absolute Gasteiger partial charge is 0.497 e. The summed E-state index contributed by atoms with van der Waals surface area (Å²) in [5, 5.41) is 3.54. The molecule has 1 aliphatic carbocycles. The number of nitrogens with one attached hydrogen (secondary N) is 1. The second kappa shape index (κ2) is 3.24. The average molecular weight is 203 g/mol. The Kier molecular flexibility index (Phi) is 1.99. The van der Waals surface area contributed by atoms with Crippen LogP contribution in [0.4, 0.5) is 0 Å². The van der Waals surface area contributed by atoms with Gasteiger partial charge in [-0.15, -0.1) is 0 Å². The van der Waals surface area contributed by atoms with Gasteiger partial charge in [-0.25, -0.2) is 0 Å². The van der Waals surface area contributed by atoms with Crippen molar-refractivity contribution in [2.75, 3.05) is 20.2 Å². The van der Waals surface area contributed by atoms with E-state index in [-0.39, 0.29) is 0 Å². The van der Waals surface area contributed by atoms with Gasteiger partial charge in [0, 0.05) is 12.0 Å². The van der Waals surface area contributed by atoms with Gasteiger partial charge < -0.3 is 10.1 Å². The topological polar surface area (TPSA) is 21.3 Å². The van der Waals surface area contributed by atoms with Gasteiger partial charge in [-0.2, -0.15) is 0 Å². The van der Waals surface area contributed by atoms with Crippen LogP contribution in [-0.2, 0) is 11.8 Å². The van der Waals surface area contributed by atoms with Crippen molar-refractivity contribution in [1.82, 2.24) is 5.32 Å². The molecule has 0 radical (unpaired) electrons. The Balaban J connectivity index is 2.06. The van der Waals surface area contributed by atoms with E-state index in [1.165, 1.54) is 18.4 Å². The lowest BCUT2D eigenvalue weighted by molar-refractivity contribution is 0.414. The van der Waals surface area contributed by atoms with Crippen molar-refractivity contribution in [2.45, 2.75) is 24.7 Å². The highest BCUT2D eigenvalue weighted by Gasteiger charge is 2.45. The minimum absolute atomic E-state index is 0.470. The summed E-state index contributed by atoms with van der Waals surface area (Å²) in [6.07, 6.45) is 3.83. The molecule has 0 atom stereocenters. The summed E-state index contributed by atoms with van der Waals surface area (Å²) < 4.78 is 5.29. The molecule has 0 saturated heterocycles. The summed E-state index contributed by atoms with van der Waals surface area (Å²) in [5.74, 6) is 0.992. The van der Waals surface area contributed by atoms with E-state index in [9.17, 15) is 0 Å². The molecule has 1 aromatic carbocycles. The molecule has 3 rings (SSSR count). The molecule has 1 aliphatic heterocycles. The maximum atomic E-state index is 5.29. The zero-order valence-corrected chi connectivity index (χ0v) is 9.18. The van der Waals surface area contributed by atoms with Crippen molar-refractivity contribution in [3.63, 3.8) is 0 Å². The first-order valence-corrected chi connectivity index (χ1v) is 5.72. The van der Waals surface area contributed by atoms with Crippen molar-refractivity contribution in [3.8, 4) is 5.75 Å². The molecule has 1 N–H and O–H groups in total. The SMILES string of the molecule is COc1ccc2c(c1)CCNCC21CC1. The van der Waals surface area contributed by atoms with Crippen molar-refractivity contribution < 1.29 is 4.74 Å². The van der Waals surface area contributed by atoms with E-state index in [1.54, 1.807) is 12.7 Å². The molecule has 0 bridgehead atoms. The van der Waals surface area contributed by atoms with Crippen LogP contribution in [0.5, 0.6) is 5.75 Å². The zero-order chi connectivity index (χ0) is 10.3. The quantitative estimate of drug-likeness (QED) is 0.752. The number of methoxy groups -OCH3 is 1. The van der Waals surface area contributed by atoms with Crippen LogP contribution in [0.3, 0.4) is 0 Å². The van der Waals surface area contributed by atoms with Crippen molar-refractivity contribution in [1.29, 1.82) is 0 Å². The second-order valence-electron chi connectivity index (χ2n) is 4.73. The first-order chi connectivity index (χ1) is 7.34. The number of hydrogen-bond donors (Lipinski definition) is 1. The molecule has 1 aromatic rings. The second-order valence-corrected chi connectivity index (χ2v) is 4.73. The molecular formula is C13H17NO. The van der Waals surface area contributed by atoms with Crippen LogP contribution in [0.25, 0.3) is 0 Å². The fourth-order valence-electron chi connectivity index (χ4n) is 2.66. The normalized spacial score (nSPS) is 21.9. The van der Waals surface area contributed by atoms with Gasteiger partial charge in [0.1, 0.15) is 5.75 Å². The maximum absolute atomic E-state index is 5.29. The molecule has 1 heterocycles. The van der Waals surface area contributed by atoms with Gasteiger partial charge in [0.25, 0.3) is 0 Å². The highest BCUT2D eigenvalue weighted by molar-refractivity contribution is 5.44. The van der Waals surface area contributed by atoms with E-state index in [2.05, 4.69) is 23.5 Å². The van der Waals surface area contributed by atoms with Crippen LogP contribution < -0.4 is 10.1 Å². The van der Waals surface area contributed by atoms with E-state index >= 15 is 0 Å². The van der Waals surface area contributed by atoms with Gasteiger partial charge in [0.15, 0.2) is 0 Å². The molecule has 2 heteroatoms. The third kappa shape index (κ3) is 1.44. The van der Waals surface area contributed by atoms with Crippen LogP contribution in [-0.4, -0.2) is 20.2 Å². The lowest BCUT2D eigenvalue weighted by Gasteiger charge is -2.16. The summed E-state index contributed by atoms with van der Waals surface area (Å²) in [7, 11) is 1.74. The van der Waals surface area contributed by atoms with Gasteiger partial charge in [-0.3, -0.25) is 0 Å². The molecule has 1 spiro atoms. The third-order valence-electron chi connectivity index (χ3n) is 3.77. The van der Waals surface area contributed by atoms with E-state index in [0.29, 0.717) is 5.41 Å². The Morgan fingerprint density at radius 3 is 2.93 bits per heavy atom. The van der Waals surface area contributed by atoms with E-state index in [1.807, 2.05) is 0 Å². The molecule has 80 valence electrons. The Bertz CT molecular complexity index is 382. The van der Waals surface area contributed by atoms with Crippen LogP contribution in [0.2, 0.25) is 0 Å². The zero-order valence-electron chi connectivity index (χ0n) is 9.18. The molecule has 1 saturated carbocycles. The van der Waals surface area contributed by atoms with E-state index < -0.39 is 0 Å². The predicted molar refractivity (Wildman–Crippen MR) is 60.5 cm³/mol. The van der Waals surface area contributed by atoms with Crippen LogP contribution in [0, 0.1) is 0 Å². The van der Waals surface area contributed by atoms with Gasteiger partial charge in [0.2, 0.25) is 0 Å². The minimum Gasteiger partial charge on any atom is -0.497 e. The van der Waals surface area contributed by atoms with Crippen LogP contribution in [0.15, 0.2) is 18.2 Å². The monoisotopic (exact) mass is 203 g/mol. The maximum Gasteiger partial charge on any atom is 0.119 e. The van der Waals surface area contributed by atoms with Gasteiger partial charge in [0.05, 0.1) is 7.11 Å². The number of fused-ring (bicyclic) bond motifs is 2. The first kappa shape index (κ1) is 9.22. The fraction of sp³-hybridized carbons (Fsp3) is 0.538. The molecular weight excluding hydrogens is 186 g/mol. The summed E-state index contributed by atoms with van der Waals surface area (Å²) >= 11 is 0. The highest BCUT2D eigenvalue weighted by Crippen LogP contribution is 2.50. The number of rotatable bonds is 1. The van der Waals surface area contributed by atoms with Crippen molar-refractivity contribution in [3.05, 3.63) is 29.3 Å². The predicted octanol–water partition coefficient (Wildman–Crippen LogP) is 1.87. The molecule has 1 fully saturated rings. The molecule has 2 nitrogen and oxygen atoms in total. The molecule has 0 amide bonds. The Morgan fingerprint density at radius 1 is 1.33 bits per heavy atom. The van der Waals surface area contributed by atoms with Gasteiger partial charge >= 0.3 is 0 Å². The first-order valence-electron chi connectivity index (χ1n) is 5.72. The standard InChI is InChI=1S/C13H17NO/c1-15-11-2-3-12-10(8-11)4-7-14-9-13(12)5-6-13/h2-3,8,14H,4-7,9H2,1H3. The lowest BCUT2D eigenvalue weighted by Crippen LogP contribution is -2.24. The van der Waals surface area contributed by atoms with Gasteiger partial charge in [-0.1, -0.05) is 6.07 Å². The Labute approximate surface area is 90.6 Å². The number of ether oxygens (including phenoxy) is 1.